The van der Waals surface area contributed by atoms with Gasteiger partial charge >= 0.3 is 0 Å². The van der Waals surface area contributed by atoms with Crippen molar-refractivity contribution in [3.63, 3.8) is 0 Å². The molecule has 0 heterocycles. The van der Waals surface area contributed by atoms with E-state index in [1.54, 1.807) is 6.08 Å². The molecule has 0 aliphatic heterocycles. The zero-order valence-electron chi connectivity index (χ0n) is 10.7. The summed E-state index contributed by atoms with van der Waals surface area (Å²) in [5.41, 5.74) is 1.80. The average Bonchev–Trinajstić information content (AvgIpc) is 2.49. The number of hydrogen-bond acceptors (Lipinski definition) is 1. The molecule has 0 saturated carbocycles. The molecule has 0 radical (unpaired) electrons. The Labute approximate surface area is 114 Å². The first kappa shape index (κ1) is 13.1. The predicted molar refractivity (Wildman–Crippen MR) is 78.4 cm³/mol. The summed E-state index contributed by atoms with van der Waals surface area (Å²) in [6.45, 7) is 3.76. The highest BCUT2D eigenvalue weighted by Gasteiger charge is 2.15. The van der Waals surface area contributed by atoms with Gasteiger partial charge < -0.3 is 5.11 Å². The van der Waals surface area contributed by atoms with Crippen LogP contribution >= 0.6 is 0 Å². The van der Waals surface area contributed by atoms with Crippen LogP contribution < -0.4 is 0 Å². The Morgan fingerprint density at radius 3 is 2.11 bits per heavy atom. The minimum atomic E-state index is -0.644. The highest BCUT2D eigenvalue weighted by molar-refractivity contribution is 5.36. The SMILES string of the molecule is C=CC(C#Cc1ccccc1)C(O)c1ccccc1. The summed E-state index contributed by atoms with van der Waals surface area (Å²) in [4.78, 5) is 0. The topological polar surface area (TPSA) is 20.2 Å². The van der Waals surface area contributed by atoms with Crippen LogP contribution in [0.4, 0.5) is 0 Å². The van der Waals surface area contributed by atoms with Crippen molar-refractivity contribution in [3.05, 3.63) is 84.4 Å². The fourth-order valence-corrected chi connectivity index (χ4v) is 1.81. The van der Waals surface area contributed by atoms with Crippen LogP contribution in [-0.2, 0) is 0 Å². The lowest BCUT2D eigenvalue weighted by Gasteiger charge is -2.14. The first-order valence-electron chi connectivity index (χ1n) is 6.23. The van der Waals surface area contributed by atoms with Gasteiger partial charge in [0.05, 0.1) is 12.0 Å². The molecule has 2 rings (SSSR count). The molecule has 0 aromatic heterocycles. The lowest BCUT2D eigenvalue weighted by Crippen LogP contribution is -2.08. The van der Waals surface area contributed by atoms with Gasteiger partial charge in [0.1, 0.15) is 0 Å². The van der Waals surface area contributed by atoms with Crippen molar-refractivity contribution in [2.24, 2.45) is 5.92 Å². The average molecular weight is 248 g/mol. The summed E-state index contributed by atoms with van der Waals surface area (Å²) in [5.74, 6) is 5.86. The molecule has 0 aliphatic carbocycles. The van der Waals surface area contributed by atoms with E-state index in [-0.39, 0.29) is 5.92 Å². The maximum absolute atomic E-state index is 10.3. The third-order valence-corrected chi connectivity index (χ3v) is 2.89. The van der Waals surface area contributed by atoms with Gasteiger partial charge in [0.25, 0.3) is 0 Å². The maximum Gasteiger partial charge on any atom is 0.0962 e. The quantitative estimate of drug-likeness (QED) is 0.650. The molecule has 0 fully saturated rings. The van der Waals surface area contributed by atoms with E-state index in [0.717, 1.165) is 11.1 Å². The molecule has 0 aliphatic rings. The van der Waals surface area contributed by atoms with E-state index < -0.39 is 6.10 Å². The molecular formula is C18H16O. The highest BCUT2D eigenvalue weighted by atomic mass is 16.3. The molecule has 1 nitrogen and oxygen atoms in total. The summed E-state index contributed by atoms with van der Waals surface area (Å²) in [7, 11) is 0. The number of aliphatic hydroxyl groups excluding tert-OH is 1. The molecule has 1 heteroatoms. The summed E-state index contributed by atoms with van der Waals surface area (Å²) >= 11 is 0. The molecule has 2 aromatic rings. The van der Waals surface area contributed by atoms with Gasteiger partial charge in [-0.25, -0.2) is 0 Å². The normalized spacial score (nSPS) is 12.9. The smallest absolute Gasteiger partial charge is 0.0962 e. The van der Waals surface area contributed by atoms with E-state index in [9.17, 15) is 5.11 Å². The Bertz CT molecular complexity index is 575. The van der Waals surface area contributed by atoms with Crippen LogP contribution in [0.3, 0.4) is 0 Å². The van der Waals surface area contributed by atoms with E-state index in [4.69, 9.17) is 0 Å². The van der Waals surface area contributed by atoms with Crippen molar-refractivity contribution >= 4 is 0 Å². The van der Waals surface area contributed by atoms with Gasteiger partial charge in [-0.3, -0.25) is 0 Å². The van der Waals surface area contributed by atoms with Crippen molar-refractivity contribution < 1.29 is 5.11 Å². The van der Waals surface area contributed by atoms with Gasteiger partial charge in [-0.2, -0.15) is 0 Å². The summed E-state index contributed by atoms with van der Waals surface area (Å²) < 4.78 is 0. The number of rotatable bonds is 3. The zero-order valence-corrected chi connectivity index (χ0v) is 10.7. The largest absolute Gasteiger partial charge is 0.387 e. The van der Waals surface area contributed by atoms with Gasteiger partial charge in [-0.05, 0) is 17.7 Å². The van der Waals surface area contributed by atoms with E-state index in [0.29, 0.717) is 0 Å². The number of aliphatic hydroxyl groups is 1. The predicted octanol–water partition coefficient (Wildman–Crippen LogP) is 3.57. The van der Waals surface area contributed by atoms with Crippen LogP contribution in [-0.4, -0.2) is 5.11 Å². The van der Waals surface area contributed by atoms with Crippen molar-refractivity contribution in [1.82, 2.24) is 0 Å². The van der Waals surface area contributed by atoms with E-state index in [2.05, 4.69) is 18.4 Å². The van der Waals surface area contributed by atoms with Gasteiger partial charge in [-0.1, -0.05) is 66.4 Å². The second kappa shape index (κ2) is 6.58. The Hall–Kier alpha value is -2.30. The van der Waals surface area contributed by atoms with Gasteiger partial charge in [-0.15, -0.1) is 6.58 Å². The van der Waals surface area contributed by atoms with Crippen molar-refractivity contribution in [2.45, 2.75) is 6.10 Å². The lowest BCUT2D eigenvalue weighted by atomic mass is 9.96. The standard InChI is InChI=1S/C18H16O/c1-2-16(14-13-15-9-5-3-6-10-15)18(19)17-11-7-4-8-12-17/h2-12,16,18-19H,1H2. The first-order valence-corrected chi connectivity index (χ1v) is 6.23. The Balaban J connectivity index is 2.18. The van der Waals surface area contributed by atoms with Crippen molar-refractivity contribution in [2.75, 3.05) is 0 Å². The third-order valence-electron chi connectivity index (χ3n) is 2.89. The molecule has 19 heavy (non-hydrogen) atoms. The highest BCUT2D eigenvalue weighted by Crippen LogP contribution is 2.22. The summed E-state index contributed by atoms with van der Waals surface area (Å²) in [6, 6.07) is 19.3. The molecule has 1 N–H and O–H groups in total. The second-order valence-corrected chi connectivity index (χ2v) is 4.25. The van der Waals surface area contributed by atoms with Crippen LogP contribution in [0.2, 0.25) is 0 Å². The maximum atomic E-state index is 10.3. The number of hydrogen-bond donors (Lipinski definition) is 1. The third kappa shape index (κ3) is 3.58. The second-order valence-electron chi connectivity index (χ2n) is 4.25. The molecule has 2 atom stereocenters. The van der Waals surface area contributed by atoms with Crippen molar-refractivity contribution in [3.8, 4) is 11.8 Å². The fraction of sp³-hybridized carbons (Fsp3) is 0.111. The van der Waals surface area contributed by atoms with Gasteiger partial charge in [0.15, 0.2) is 0 Å². The molecule has 0 saturated heterocycles. The first-order chi connectivity index (χ1) is 9.31. The van der Waals surface area contributed by atoms with Crippen LogP contribution in [0.5, 0.6) is 0 Å². The molecular weight excluding hydrogens is 232 g/mol. The molecule has 2 unspecified atom stereocenters. The molecule has 0 spiro atoms. The Morgan fingerprint density at radius 1 is 0.947 bits per heavy atom. The van der Waals surface area contributed by atoms with Crippen LogP contribution in [0.1, 0.15) is 17.2 Å². The monoisotopic (exact) mass is 248 g/mol. The van der Waals surface area contributed by atoms with Crippen LogP contribution in [0, 0.1) is 17.8 Å². The lowest BCUT2D eigenvalue weighted by molar-refractivity contribution is 0.155. The van der Waals surface area contributed by atoms with Gasteiger partial charge in [0.2, 0.25) is 0 Å². The molecule has 2 aromatic carbocycles. The molecule has 0 bridgehead atoms. The minimum Gasteiger partial charge on any atom is -0.387 e. The van der Waals surface area contributed by atoms with Gasteiger partial charge in [0, 0.05) is 5.56 Å². The van der Waals surface area contributed by atoms with E-state index in [1.165, 1.54) is 0 Å². The molecule has 94 valence electrons. The van der Waals surface area contributed by atoms with Crippen molar-refractivity contribution in [1.29, 1.82) is 0 Å². The van der Waals surface area contributed by atoms with Crippen LogP contribution in [0.25, 0.3) is 0 Å². The summed E-state index contributed by atoms with van der Waals surface area (Å²) in [5, 5.41) is 10.3. The molecule has 0 amide bonds. The number of benzene rings is 2. The van der Waals surface area contributed by atoms with E-state index >= 15 is 0 Å². The Morgan fingerprint density at radius 2 is 1.53 bits per heavy atom. The fourth-order valence-electron chi connectivity index (χ4n) is 1.81. The van der Waals surface area contributed by atoms with Crippen LogP contribution in [0.15, 0.2) is 73.3 Å². The minimum absolute atomic E-state index is 0.275. The van der Waals surface area contributed by atoms with E-state index in [1.807, 2.05) is 60.7 Å². The Kier molecular flexibility index (Phi) is 4.55. The summed E-state index contributed by atoms with van der Waals surface area (Å²) in [6.07, 6.45) is 1.04. The zero-order chi connectivity index (χ0) is 13.5.